The second kappa shape index (κ2) is 12.9. The highest BCUT2D eigenvalue weighted by Crippen LogP contribution is 2.26. The summed E-state index contributed by atoms with van der Waals surface area (Å²) in [5.41, 5.74) is 0.844. The van der Waals surface area contributed by atoms with E-state index in [1.54, 1.807) is 0 Å². The number of unbranched alkanes of at least 4 members (excludes halogenated alkanes) is 2. The standard InChI is InChI=1S/C24H27F3O5/c1-2-30-16-8-4-7-11-21(28)22(24(25,26)27)32-23(29)19-12-14-20(15-13-19)31-17-18-9-5-3-6-10-18/h3,5-6,9-10,12-15,22H,2,4,7-8,11,16-17H2,1H3/t22-/m0/s1. The van der Waals surface area contributed by atoms with Crippen LogP contribution in [0.4, 0.5) is 13.2 Å². The second-order valence-corrected chi connectivity index (χ2v) is 7.10. The smallest absolute Gasteiger partial charge is 0.432 e. The van der Waals surface area contributed by atoms with E-state index >= 15 is 0 Å². The zero-order valence-corrected chi connectivity index (χ0v) is 17.9. The summed E-state index contributed by atoms with van der Waals surface area (Å²) in [6.45, 7) is 3.20. The lowest BCUT2D eigenvalue weighted by molar-refractivity contribution is -0.204. The molecule has 2 aromatic carbocycles. The van der Waals surface area contributed by atoms with E-state index in [0.29, 0.717) is 38.4 Å². The van der Waals surface area contributed by atoms with Gasteiger partial charge in [-0.15, -0.1) is 0 Å². The first-order valence-electron chi connectivity index (χ1n) is 10.5. The summed E-state index contributed by atoms with van der Waals surface area (Å²) < 4.78 is 55.2. The third-order valence-electron chi connectivity index (χ3n) is 4.57. The summed E-state index contributed by atoms with van der Waals surface area (Å²) in [5, 5.41) is 0. The van der Waals surface area contributed by atoms with E-state index < -0.39 is 24.0 Å². The van der Waals surface area contributed by atoms with Crippen LogP contribution in [0, 0.1) is 0 Å². The van der Waals surface area contributed by atoms with Gasteiger partial charge in [0.2, 0.25) is 0 Å². The Labute approximate surface area is 185 Å². The number of carbonyl (C=O) groups is 2. The maximum Gasteiger partial charge on any atom is 0.432 e. The molecule has 0 fully saturated rings. The molecule has 0 saturated heterocycles. The van der Waals surface area contributed by atoms with Gasteiger partial charge in [-0.25, -0.2) is 4.79 Å². The molecule has 0 spiro atoms. The van der Waals surface area contributed by atoms with Crippen LogP contribution in [0.15, 0.2) is 54.6 Å². The molecule has 0 amide bonds. The second-order valence-electron chi connectivity index (χ2n) is 7.10. The molecule has 0 bridgehead atoms. The Morgan fingerprint density at radius 1 is 0.938 bits per heavy atom. The predicted molar refractivity (Wildman–Crippen MR) is 112 cm³/mol. The van der Waals surface area contributed by atoms with Gasteiger partial charge in [0.1, 0.15) is 12.4 Å². The molecule has 0 aliphatic carbocycles. The van der Waals surface area contributed by atoms with E-state index in [2.05, 4.69) is 4.74 Å². The van der Waals surface area contributed by atoms with E-state index in [1.165, 1.54) is 24.3 Å². The Morgan fingerprint density at radius 3 is 2.25 bits per heavy atom. The molecular formula is C24H27F3O5. The summed E-state index contributed by atoms with van der Waals surface area (Å²) in [7, 11) is 0. The highest BCUT2D eigenvalue weighted by atomic mass is 19.4. The van der Waals surface area contributed by atoms with Crippen molar-refractivity contribution in [1.29, 1.82) is 0 Å². The van der Waals surface area contributed by atoms with E-state index in [4.69, 9.17) is 9.47 Å². The van der Waals surface area contributed by atoms with E-state index in [0.717, 1.165) is 5.56 Å². The summed E-state index contributed by atoms with van der Waals surface area (Å²) in [6, 6.07) is 14.9. The third kappa shape index (κ3) is 8.70. The SMILES string of the molecule is CCOCCCCCC(=O)[C@H](OC(=O)c1ccc(OCc2ccccc2)cc1)C(F)(F)F. The van der Waals surface area contributed by atoms with Crippen LogP contribution in [0.5, 0.6) is 5.75 Å². The zero-order valence-electron chi connectivity index (χ0n) is 17.9. The Kier molecular flexibility index (Phi) is 10.2. The molecule has 0 unspecified atom stereocenters. The van der Waals surface area contributed by atoms with Crippen molar-refractivity contribution in [2.24, 2.45) is 0 Å². The first kappa shape index (κ1) is 25.4. The first-order valence-corrected chi connectivity index (χ1v) is 10.5. The molecule has 32 heavy (non-hydrogen) atoms. The predicted octanol–water partition coefficient (Wildman–Crippen LogP) is 5.52. The number of hydrogen-bond donors (Lipinski definition) is 0. The average molecular weight is 452 g/mol. The third-order valence-corrected chi connectivity index (χ3v) is 4.57. The lowest BCUT2D eigenvalue weighted by Gasteiger charge is -2.19. The number of Topliss-reactive ketones (excluding diaryl/α,β-unsaturated/α-hetero) is 1. The molecule has 174 valence electrons. The van der Waals surface area contributed by atoms with Crippen molar-refractivity contribution in [3.8, 4) is 5.75 Å². The van der Waals surface area contributed by atoms with Crippen molar-refractivity contribution in [2.45, 2.75) is 51.5 Å². The van der Waals surface area contributed by atoms with Crippen LogP contribution in [0.2, 0.25) is 0 Å². The van der Waals surface area contributed by atoms with Crippen molar-refractivity contribution in [2.75, 3.05) is 13.2 Å². The van der Waals surface area contributed by atoms with Crippen LogP contribution in [-0.2, 0) is 20.9 Å². The highest BCUT2D eigenvalue weighted by Gasteiger charge is 2.47. The molecule has 8 heteroatoms. The maximum atomic E-state index is 13.3. The van der Waals surface area contributed by atoms with Crippen molar-refractivity contribution >= 4 is 11.8 Å². The van der Waals surface area contributed by atoms with E-state index in [-0.39, 0.29) is 18.4 Å². The van der Waals surface area contributed by atoms with E-state index in [9.17, 15) is 22.8 Å². The minimum atomic E-state index is -4.98. The molecule has 0 aliphatic heterocycles. The lowest BCUT2D eigenvalue weighted by atomic mass is 10.1. The van der Waals surface area contributed by atoms with Gasteiger partial charge in [0.15, 0.2) is 5.78 Å². The van der Waals surface area contributed by atoms with Gasteiger partial charge >= 0.3 is 12.1 Å². The molecule has 0 N–H and O–H groups in total. The quantitative estimate of drug-likeness (QED) is 0.296. The summed E-state index contributed by atoms with van der Waals surface area (Å²) in [5.74, 6) is -1.93. The van der Waals surface area contributed by atoms with Crippen LogP contribution in [0.25, 0.3) is 0 Å². The van der Waals surface area contributed by atoms with Crippen molar-refractivity contribution < 1.29 is 37.0 Å². The van der Waals surface area contributed by atoms with Gasteiger partial charge in [-0.3, -0.25) is 4.79 Å². The van der Waals surface area contributed by atoms with Crippen LogP contribution in [0.3, 0.4) is 0 Å². The molecule has 0 heterocycles. The average Bonchev–Trinajstić information content (AvgIpc) is 2.78. The number of alkyl halides is 3. The van der Waals surface area contributed by atoms with Gasteiger partial charge in [0.25, 0.3) is 6.10 Å². The highest BCUT2D eigenvalue weighted by molar-refractivity contribution is 5.93. The molecule has 1 atom stereocenters. The number of carbonyl (C=O) groups excluding carboxylic acids is 2. The van der Waals surface area contributed by atoms with Gasteiger partial charge in [-0.05, 0) is 49.6 Å². The minimum Gasteiger partial charge on any atom is -0.489 e. The molecular weight excluding hydrogens is 425 g/mol. The fourth-order valence-corrected chi connectivity index (χ4v) is 2.87. The first-order chi connectivity index (χ1) is 15.3. The Balaban J connectivity index is 1.89. The van der Waals surface area contributed by atoms with Crippen LogP contribution >= 0.6 is 0 Å². The molecule has 0 radical (unpaired) electrons. The Bertz CT molecular complexity index is 835. The summed E-state index contributed by atoms with van der Waals surface area (Å²) in [4.78, 5) is 24.3. The van der Waals surface area contributed by atoms with E-state index in [1.807, 2.05) is 37.3 Å². The molecule has 0 aromatic heterocycles. The van der Waals surface area contributed by atoms with Crippen LogP contribution in [-0.4, -0.2) is 37.2 Å². The number of benzene rings is 2. The number of esters is 1. The largest absolute Gasteiger partial charge is 0.489 e. The number of hydrogen-bond acceptors (Lipinski definition) is 5. The molecule has 0 aliphatic rings. The summed E-state index contributed by atoms with van der Waals surface area (Å²) in [6.07, 6.45) is -6.61. The number of ether oxygens (including phenoxy) is 3. The van der Waals surface area contributed by atoms with Gasteiger partial charge < -0.3 is 14.2 Å². The zero-order chi connectivity index (χ0) is 23.4. The molecule has 5 nitrogen and oxygen atoms in total. The van der Waals surface area contributed by atoms with Gasteiger partial charge in [0.05, 0.1) is 5.56 Å². The maximum absolute atomic E-state index is 13.3. The monoisotopic (exact) mass is 452 g/mol. The Morgan fingerprint density at radius 2 is 1.62 bits per heavy atom. The minimum absolute atomic E-state index is 0.101. The van der Waals surface area contributed by atoms with Crippen LogP contribution in [0.1, 0.15) is 48.5 Å². The normalized spacial score (nSPS) is 12.2. The van der Waals surface area contributed by atoms with Crippen LogP contribution < -0.4 is 4.74 Å². The lowest BCUT2D eigenvalue weighted by Crippen LogP contribution is -2.40. The summed E-state index contributed by atoms with van der Waals surface area (Å²) >= 11 is 0. The van der Waals surface area contributed by atoms with Gasteiger partial charge in [-0.1, -0.05) is 36.8 Å². The number of rotatable bonds is 13. The van der Waals surface area contributed by atoms with Gasteiger partial charge in [-0.2, -0.15) is 13.2 Å². The van der Waals surface area contributed by atoms with Crippen molar-refractivity contribution in [3.63, 3.8) is 0 Å². The number of halogens is 3. The van der Waals surface area contributed by atoms with Gasteiger partial charge in [0, 0.05) is 19.6 Å². The fourth-order valence-electron chi connectivity index (χ4n) is 2.87. The fraction of sp³-hybridized carbons (Fsp3) is 0.417. The topological polar surface area (TPSA) is 61.8 Å². The number of ketones is 1. The Hall–Kier alpha value is -2.87. The molecule has 2 aromatic rings. The van der Waals surface area contributed by atoms with Crippen molar-refractivity contribution in [1.82, 2.24) is 0 Å². The molecule has 2 rings (SSSR count). The molecule has 0 saturated carbocycles. The van der Waals surface area contributed by atoms with Crippen molar-refractivity contribution in [3.05, 3.63) is 65.7 Å².